The number of aromatic nitrogens is 1. The maximum atomic E-state index is 6.29. The first-order valence-electron chi connectivity index (χ1n) is 7.97. The smallest absolute Gasteiger partial charge is 0.0835 e. The Morgan fingerprint density at radius 1 is 0.958 bits per heavy atom. The fourth-order valence-electron chi connectivity index (χ4n) is 2.55. The van der Waals surface area contributed by atoms with Crippen molar-refractivity contribution >= 4 is 11.4 Å². The average Bonchev–Trinajstić information content (AvgIpc) is 3.06. The van der Waals surface area contributed by atoms with Gasteiger partial charge in [0.2, 0.25) is 0 Å². The van der Waals surface area contributed by atoms with E-state index in [0.29, 0.717) is 12.2 Å². The van der Waals surface area contributed by atoms with Crippen molar-refractivity contribution in [3.63, 3.8) is 0 Å². The summed E-state index contributed by atoms with van der Waals surface area (Å²) in [6.45, 7) is 0.625. The van der Waals surface area contributed by atoms with Crippen LogP contribution >= 0.6 is 0 Å². The van der Waals surface area contributed by atoms with Crippen LogP contribution in [-0.4, -0.2) is 10.3 Å². The Morgan fingerprint density at radius 2 is 1.62 bits per heavy atom. The van der Waals surface area contributed by atoms with Crippen LogP contribution in [0.5, 0.6) is 0 Å². The van der Waals surface area contributed by atoms with Crippen LogP contribution in [0.1, 0.15) is 16.8 Å². The summed E-state index contributed by atoms with van der Waals surface area (Å²) in [5.41, 5.74) is 11.1. The summed E-state index contributed by atoms with van der Waals surface area (Å²) in [6.07, 6.45) is 3.97. The number of hydrogen-bond acceptors (Lipinski definition) is 2. The largest absolute Gasteiger partial charge is 0.398 e. The molecule has 2 N–H and O–H groups in total. The van der Waals surface area contributed by atoms with Gasteiger partial charge in [0.15, 0.2) is 0 Å². The Balaban J connectivity index is 1.95. The van der Waals surface area contributed by atoms with Crippen molar-refractivity contribution in [1.29, 1.82) is 0 Å². The SMILES string of the molecule is Cn1cccc1C(/C=C(\N)c1ccccc1)=NCc1ccccc1. The lowest BCUT2D eigenvalue weighted by Gasteiger charge is -2.07. The lowest BCUT2D eigenvalue weighted by molar-refractivity contribution is 0.911. The van der Waals surface area contributed by atoms with Crippen molar-refractivity contribution in [3.05, 3.63) is 102 Å². The summed E-state index contributed by atoms with van der Waals surface area (Å²) < 4.78 is 2.05. The van der Waals surface area contributed by atoms with E-state index in [1.165, 1.54) is 5.56 Å². The van der Waals surface area contributed by atoms with Crippen molar-refractivity contribution in [2.75, 3.05) is 0 Å². The van der Waals surface area contributed by atoms with Crippen LogP contribution in [0.3, 0.4) is 0 Å². The van der Waals surface area contributed by atoms with Gasteiger partial charge in [-0.2, -0.15) is 0 Å². The van der Waals surface area contributed by atoms with E-state index in [4.69, 9.17) is 10.7 Å². The highest BCUT2D eigenvalue weighted by Gasteiger charge is 2.06. The molecular formula is C21H21N3. The summed E-state index contributed by atoms with van der Waals surface area (Å²) in [6, 6.07) is 24.3. The molecule has 1 aromatic heterocycles. The summed E-state index contributed by atoms with van der Waals surface area (Å²) in [4.78, 5) is 4.80. The quantitative estimate of drug-likeness (QED) is 0.710. The van der Waals surface area contributed by atoms with E-state index in [-0.39, 0.29) is 0 Å². The zero-order chi connectivity index (χ0) is 16.8. The molecule has 3 rings (SSSR count). The highest BCUT2D eigenvalue weighted by atomic mass is 14.9. The number of hydrogen-bond donors (Lipinski definition) is 1. The minimum Gasteiger partial charge on any atom is -0.398 e. The first kappa shape index (κ1) is 15.8. The second kappa shape index (κ2) is 7.47. The number of aliphatic imine (C=N–C) groups is 1. The molecule has 2 aromatic carbocycles. The Bertz CT molecular complexity index is 843. The van der Waals surface area contributed by atoms with Crippen LogP contribution in [0.4, 0.5) is 0 Å². The molecule has 0 fully saturated rings. The molecular weight excluding hydrogens is 294 g/mol. The van der Waals surface area contributed by atoms with Crippen molar-refractivity contribution in [2.24, 2.45) is 17.8 Å². The second-order valence-electron chi connectivity index (χ2n) is 5.66. The molecule has 0 atom stereocenters. The van der Waals surface area contributed by atoms with Crippen LogP contribution < -0.4 is 5.73 Å². The highest BCUT2D eigenvalue weighted by Crippen LogP contribution is 2.13. The molecule has 0 bridgehead atoms. The van der Waals surface area contributed by atoms with E-state index in [1.54, 1.807) is 0 Å². The molecule has 3 nitrogen and oxygen atoms in total. The maximum Gasteiger partial charge on any atom is 0.0835 e. The fourth-order valence-corrected chi connectivity index (χ4v) is 2.55. The Kier molecular flexibility index (Phi) is 4.92. The predicted molar refractivity (Wildman–Crippen MR) is 101 cm³/mol. The first-order chi connectivity index (χ1) is 11.7. The van der Waals surface area contributed by atoms with Gasteiger partial charge in [0.05, 0.1) is 18.0 Å². The Hall–Kier alpha value is -3.07. The van der Waals surface area contributed by atoms with Crippen LogP contribution in [-0.2, 0) is 13.6 Å². The van der Waals surface area contributed by atoms with Gasteiger partial charge in [0.25, 0.3) is 0 Å². The molecule has 0 aliphatic carbocycles. The van der Waals surface area contributed by atoms with Gasteiger partial charge >= 0.3 is 0 Å². The van der Waals surface area contributed by atoms with Gasteiger partial charge < -0.3 is 10.3 Å². The first-order valence-corrected chi connectivity index (χ1v) is 7.97. The van der Waals surface area contributed by atoms with E-state index < -0.39 is 0 Å². The van der Waals surface area contributed by atoms with E-state index in [1.807, 2.05) is 73.9 Å². The molecule has 0 radical (unpaired) electrons. The molecule has 0 amide bonds. The monoisotopic (exact) mass is 315 g/mol. The second-order valence-corrected chi connectivity index (χ2v) is 5.66. The molecule has 120 valence electrons. The molecule has 3 aromatic rings. The van der Waals surface area contributed by atoms with Crippen molar-refractivity contribution in [2.45, 2.75) is 6.54 Å². The minimum absolute atomic E-state index is 0.625. The van der Waals surface area contributed by atoms with Gasteiger partial charge in [-0.3, -0.25) is 4.99 Å². The number of allylic oxidation sites excluding steroid dienone is 1. The summed E-state index contributed by atoms with van der Waals surface area (Å²) in [7, 11) is 2.01. The molecule has 0 spiro atoms. The molecule has 0 unspecified atom stereocenters. The molecule has 0 aliphatic rings. The summed E-state index contributed by atoms with van der Waals surface area (Å²) in [5.74, 6) is 0. The normalized spacial score (nSPS) is 12.4. The Labute approximate surface area is 142 Å². The van der Waals surface area contributed by atoms with Gasteiger partial charge in [-0.15, -0.1) is 0 Å². The number of benzene rings is 2. The molecule has 1 heterocycles. The van der Waals surface area contributed by atoms with Gasteiger partial charge in [-0.1, -0.05) is 60.7 Å². The van der Waals surface area contributed by atoms with E-state index >= 15 is 0 Å². The molecule has 24 heavy (non-hydrogen) atoms. The third-order valence-corrected chi connectivity index (χ3v) is 3.88. The van der Waals surface area contributed by atoms with Crippen molar-refractivity contribution in [1.82, 2.24) is 4.57 Å². The third-order valence-electron chi connectivity index (χ3n) is 3.88. The van der Waals surface area contributed by atoms with E-state index in [9.17, 15) is 0 Å². The average molecular weight is 315 g/mol. The predicted octanol–water partition coefficient (Wildman–Crippen LogP) is 4.01. The lowest BCUT2D eigenvalue weighted by Crippen LogP contribution is -2.08. The topological polar surface area (TPSA) is 43.3 Å². The van der Waals surface area contributed by atoms with Crippen LogP contribution in [0, 0.1) is 0 Å². The van der Waals surface area contributed by atoms with Crippen molar-refractivity contribution in [3.8, 4) is 0 Å². The zero-order valence-electron chi connectivity index (χ0n) is 13.8. The van der Waals surface area contributed by atoms with Crippen LogP contribution in [0.15, 0.2) is 90.1 Å². The van der Waals surface area contributed by atoms with Crippen molar-refractivity contribution < 1.29 is 0 Å². The number of aryl methyl sites for hydroxylation is 1. The highest BCUT2D eigenvalue weighted by molar-refractivity contribution is 6.11. The number of rotatable bonds is 5. The molecule has 0 aliphatic heterocycles. The number of nitrogens with zero attached hydrogens (tertiary/aromatic N) is 2. The summed E-state index contributed by atoms with van der Waals surface area (Å²) >= 11 is 0. The number of nitrogens with two attached hydrogens (primary N) is 1. The molecule has 0 saturated heterocycles. The van der Waals surface area contributed by atoms with Gasteiger partial charge in [0, 0.05) is 18.9 Å². The summed E-state index contributed by atoms with van der Waals surface area (Å²) in [5, 5.41) is 0. The molecule has 3 heteroatoms. The lowest BCUT2D eigenvalue weighted by atomic mass is 10.1. The van der Waals surface area contributed by atoms with Gasteiger partial charge in [-0.05, 0) is 29.3 Å². The van der Waals surface area contributed by atoms with Crippen LogP contribution in [0.25, 0.3) is 5.70 Å². The van der Waals surface area contributed by atoms with Gasteiger partial charge in [-0.25, -0.2) is 0 Å². The zero-order valence-corrected chi connectivity index (χ0v) is 13.8. The van der Waals surface area contributed by atoms with E-state index in [0.717, 1.165) is 17.0 Å². The van der Waals surface area contributed by atoms with Gasteiger partial charge in [0.1, 0.15) is 0 Å². The van der Waals surface area contributed by atoms with E-state index in [2.05, 4.69) is 22.8 Å². The maximum absolute atomic E-state index is 6.29. The Morgan fingerprint density at radius 3 is 2.25 bits per heavy atom. The van der Waals surface area contributed by atoms with Crippen LogP contribution in [0.2, 0.25) is 0 Å². The minimum atomic E-state index is 0.625. The fraction of sp³-hybridized carbons (Fsp3) is 0.0952. The molecule has 0 saturated carbocycles. The third kappa shape index (κ3) is 3.82. The standard InChI is InChI=1S/C21H21N3/c1-24-14-8-13-21(24)20(23-16-17-9-4-2-5-10-17)15-19(22)18-11-6-3-7-12-18/h2-15H,16,22H2,1H3/b19-15-,23-20?.